The van der Waals surface area contributed by atoms with E-state index in [1.807, 2.05) is 29.6 Å². The summed E-state index contributed by atoms with van der Waals surface area (Å²) in [4.78, 5) is 20.7. The number of hydrogen-bond donors (Lipinski definition) is 1. The van der Waals surface area contributed by atoms with E-state index >= 15 is 0 Å². The summed E-state index contributed by atoms with van der Waals surface area (Å²) < 4.78 is 22.6. The molecule has 0 spiro atoms. The zero-order valence-corrected chi connectivity index (χ0v) is 16.4. The number of thiazole rings is 1. The number of carbonyl (C=O) groups excluding carboxylic acids is 1. The molecule has 27 heavy (non-hydrogen) atoms. The van der Waals surface area contributed by atoms with Crippen LogP contribution in [0.4, 0.5) is 0 Å². The van der Waals surface area contributed by atoms with E-state index in [4.69, 9.17) is 0 Å². The molecular formula is C19H19N3O3S2. The monoisotopic (exact) mass is 401 g/mol. The van der Waals surface area contributed by atoms with Crippen LogP contribution in [0.1, 0.15) is 16.8 Å². The number of sulfone groups is 1. The van der Waals surface area contributed by atoms with Crippen molar-refractivity contribution in [3.63, 3.8) is 0 Å². The summed E-state index contributed by atoms with van der Waals surface area (Å²) in [5, 5.41) is 5.58. The van der Waals surface area contributed by atoms with E-state index in [1.165, 1.54) is 17.6 Å². The van der Waals surface area contributed by atoms with Gasteiger partial charge in [0.2, 0.25) is 5.91 Å². The highest BCUT2D eigenvalue weighted by atomic mass is 32.2. The molecule has 0 unspecified atom stereocenters. The van der Waals surface area contributed by atoms with Gasteiger partial charge in [0.25, 0.3) is 0 Å². The first-order valence-electron chi connectivity index (χ1n) is 8.26. The van der Waals surface area contributed by atoms with Gasteiger partial charge in [0, 0.05) is 36.1 Å². The Bertz CT molecular complexity index is 1010. The van der Waals surface area contributed by atoms with Gasteiger partial charge < -0.3 is 5.32 Å². The highest BCUT2D eigenvalue weighted by Gasteiger charge is 2.09. The standard InChI is InChI=1S/C19H19N3O3S2/c1-27(24,25)13-15-6-4-14(5-7-15)10-21-18(23)9-17-12-26-19(22-17)16-3-2-8-20-11-16/h2-8,11-12H,9-10,13H2,1H3,(H,21,23). The summed E-state index contributed by atoms with van der Waals surface area (Å²) in [5.41, 5.74) is 3.30. The van der Waals surface area contributed by atoms with Gasteiger partial charge in [0.05, 0.1) is 17.9 Å². The highest BCUT2D eigenvalue weighted by molar-refractivity contribution is 7.89. The Morgan fingerprint density at radius 1 is 1.15 bits per heavy atom. The zero-order valence-electron chi connectivity index (χ0n) is 14.8. The van der Waals surface area contributed by atoms with Crippen LogP contribution in [0.3, 0.4) is 0 Å². The predicted molar refractivity (Wildman–Crippen MR) is 106 cm³/mol. The number of amides is 1. The molecule has 0 radical (unpaired) electrons. The number of hydrogen-bond acceptors (Lipinski definition) is 6. The van der Waals surface area contributed by atoms with E-state index in [2.05, 4.69) is 15.3 Å². The van der Waals surface area contributed by atoms with Crippen molar-refractivity contribution < 1.29 is 13.2 Å². The fourth-order valence-electron chi connectivity index (χ4n) is 2.49. The van der Waals surface area contributed by atoms with Crippen molar-refractivity contribution >= 4 is 27.1 Å². The Morgan fingerprint density at radius 2 is 1.89 bits per heavy atom. The Morgan fingerprint density at radius 3 is 2.56 bits per heavy atom. The molecule has 6 nitrogen and oxygen atoms in total. The first-order valence-corrected chi connectivity index (χ1v) is 11.2. The quantitative estimate of drug-likeness (QED) is 0.657. The first kappa shape index (κ1) is 19.2. The average molecular weight is 402 g/mol. The molecule has 1 N–H and O–H groups in total. The number of rotatable bonds is 7. The molecule has 0 fully saturated rings. The number of aromatic nitrogens is 2. The Labute approximate surface area is 162 Å². The van der Waals surface area contributed by atoms with Crippen LogP contribution in [0.2, 0.25) is 0 Å². The maximum Gasteiger partial charge on any atom is 0.226 e. The normalized spacial score (nSPS) is 11.3. The van der Waals surface area contributed by atoms with Crippen molar-refractivity contribution in [1.82, 2.24) is 15.3 Å². The maximum absolute atomic E-state index is 12.1. The van der Waals surface area contributed by atoms with Crippen LogP contribution < -0.4 is 5.32 Å². The lowest BCUT2D eigenvalue weighted by Gasteiger charge is -2.06. The van der Waals surface area contributed by atoms with Gasteiger partial charge in [-0.15, -0.1) is 11.3 Å². The molecule has 0 saturated heterocycles. The van der Waals surface area contributed by atoms with E-state index in [1.54, 1.807) is 24.5 Å². The second-order valence-electron chi connectivity index (χ2n) is 6.23. The van der Waals surface area contributed by atoms with E-state index in [-0.39, 0.29) is 18.1 Å². The van der Waals surface area contributed by atoms with E-state index in [0.717, 1.165) is 27.4 Å². The minimum Gasteiger partial charge on any atom is -0.352 e. The number of carbonyl (C=O) groups is 1. The topological polar surface area (TPSA) is 89.0 Å². The Balaban J connectivity index is 1.52. The summed E-state index contributed by atoms with van der Waals surface area (Å²) >= 11 is 1.48. The average Bonchev–Trinajstić information content (AvgIpc) is 3.09. The molecule has 0 aliphatic carbocycles. The van der Waals surface area contributed by atoms with Gasteiger partial charge in [-0.3, -0.25) is 9.78 Å². The second-order valence-corrected chi connectivity index (χ2v) is 9.22. The molecule has 8 heteroatoms. The van der Waals surface area contributed by atoms with Gasteiger partial charge in [0.15, 0.2) is 9.84 Å². The molecule has 1 amide bonds. The fourth-order valence-corrected chi connectivity index (χ4v) is 4.10. The lowest BCUT2D eigenvalue weighted by Crippen LogP contribution is -2.24. The molecular weight excluding hydrogens is 382 g/mol. The predicted octanol–water partition coefficient (Wildman–Crippen LogP) is 2.61. The molecule has 0 aliphatic heterocycles. The van der Waals surface area contributed by atoms with Crippen LogP contribution in [-0.2, 0) is 33.4 Å². The molecule has 0 aliphatic rings. The molecule has 140 valence electrons. The number of nitrogens with one attached hydrogen (secondary N) is 1. The molecule has 3 rings (SSSR count). The third-order valence-corrected chi connectivity index (χ3v) is 5.54. The van der Waals surface area contributed by atoms with Crippen molar-refractivity contribution in [1.29, 1.82) is 0 Å². The van der Waals surface area contributed by atoms with Gasteiger partial charge in [-0.2, -0.15) is 0 Å². The van der Waals surface area contributed by atoms with Gasteiger partial charge >= 0.3 is 0 Å². The van der Waals surface area contributed by atoms with Crippen molar-refractivity contribution in [2.75, 3.05) is 6.26 Å². The lowest BCUT2D eigenvalue weighted by atomic mass is 10.1. The van der Waals surface area contributed by atoms with E-state index in [0.29, 0.717) is 6.54 Å². The Hall–Kier alpha value is -2.58. The molecule has 0 atom stereocenters. The van der Waals surface area contributed by atoms with E-state index < -0.39 is 9.84 Å². The third kappa shape index (κ3) is 5.97. The number of pyridine rings is 1. The number of benzene rings is 1. The van der Waals surface area contributed by atoms with Gasteiger partial charge in [0.1, 0.15) is 5.01 Å². The van der Waals surface area contributed by atoms with Gasteiger partial charge in [-0.05, 0) is 23.3 Å². The molecule has 3 aromatic rings. The largest absolute Gasteiger partial charge is 0.352 e. The van der Waals surface area contributed by atoms with Crippen LogP contribution in [0.15, 0.2) is 54.2 Å². The second kappa shape index (κ2) is 8.41. The molecule has 0 bridgehead atoms. The summed E-state index contributed by atoms with van der Waals surface area (Å²) in [6.45, 7) is 0.386. The van der Waals surface area contributed by atoms with Gasteiger partial charge in [-0.1, -0.05) is 24.3 Å². The molecule has 2 heterocycles. The van der Waals surface area contributed by atoms with Crippen molar-refractivity contribution in [2.24, 2.45) is 0 Å². The van der Waals surface area contributed by atoms with Crippen molar-refractivity contribution in [3.8, 4) is 10.6 Å². The van der Waals surface area contributed by atoms with Crippen LogP contribution in [0.25, 0.3) is 10.6 Å². The maximum atomic E-state index is 12.1. The summed E-state index contributed by atoms with van der Waals surface area (Å²) in [6, 6.07) is 11.0. The van der Waals surface area contributed by atoms with Crippen LogP contribution >= 0.6 is 11.3 Å². The van der Waals surface area contributed by atoms with Crippen molar-refractivity contribution in [3.05, 3.63) is 71.0 Å². The summed E-state index contributed by atoms with van der Waals surface area (Å²) in [7, 11) is -3.05. The summed E-state index contributed by atoms with van der Waals surface area (Å²) in [6.07, 6.45) is 4.87. The van der Waals surface area contributed by atoms with Crippen LogP contribution in [0.5, 0.6) is 0 Å². The van der Waals surface area contributed by atoms with E-state index in [9.17, 15) is 13.2 Å². The van der Waals surface area contributed by atoms with Gasteiger partial charge in [-0.25, -0.2) is 13.4 Å². The summed E-state index contributed by atoms with van der Waals surface area (Å²) in [5.74, 6) is -0.0961. The van der Waals surface area contributed by atoms with Crippen LogP contribution in [-0.4, -0.2) is 30.5 Å². The fraction of sp³-hybridized carbons (Fsp3) is 0.211. The minimum atomic E-state index is -3.05. The minimum absolute atomic E-state index is 0.0166. The smallest absolute Gasteiger partial charge is 0.226 e. The zero-order chi connectivity index (χ0) is 19.3. The highest BCUT2D eigenvalue weighted by Crippen LogP contribution is 2.22. The molecule has 2 aromatic heterocycles. The Kier molecular flexibility index (Phi) is 5.98. The van der Waals surface area contributed by atoms with Crippen molar-refractivity contribution in [2.45, 2.75) is 18.7 Å². The molecule has 0 saturated carbocycles. The third-order valence-electron chi connectivity index (χ3n) is 3.74. The van der Waals surface area contributed by atoms with Crippen LogP contribution in [0, 0.1) is 0 Å². The molecule has 1 aromatic carbocycles. The SMILES string of the molecule is CS(=O)(=O)Cc1ccc(CNC(=O)Cc2csc(-c3cccnc3)n2)cc1. The lowest BCUT2D eigenvalue weighted by molar-refractivity contribution is -0.120. The number of nitrogens with zero attached hydrogens (tertiary/aromatic N) is 2. The first-order chi connectivity index (χ1) is 12.9.